The Kier molecular flexibility index (Phi) is 6.44. The molecule has 0 aromatic carbocycles. The van der Waals surface area contributed by atoms with E-state index < -0.39 is 0 Å². The summed E-state index contributed by atoms with van der Waals surface area (Å²) in [4.78, 5) is 10.1. The molecule has 2 heteroatoms. The first kappa shape index (κ1) is 11.2. The maximum absolute atomic E-state index is 10.1. The van der Waals surface area contributed by atoms with Gasteiger partial charge in [0, 0.05) is 6.04 Å². The summed E-state index contributed by atoms with van der Waals surface area (Å²) in [6.45, 7) is 6.07. The molecule has 1 rings (SSSR count). The van der Waals surface area contributed by atoms with Gasteiger partial charge in [0.25, 0.3) is 0 Å². The zero-order valence-electron chi connectivity index (χ0n) is 8.26. The first-order chi connectivity index (χ1) is 5.84. The summed E-state index contributed by atoms with van der Waals surface area (Å²) in [5.74, 6) is 0. The predicted octanol–water partition coefficient (Wildman–Crippen LogP) is 2.26. The van der Waals surface area contributed by atoms with Gasteiger partial charge in [-0.15, -0.1) is 0 Å². The lowest BCUT2D eigenvalue weighted by Gasteiger charge is -2.20. The lowest BCUT2D eigenvalue weighted by molar-refractivity contribution is -0.110. The zero-order chi connectivity index (χ0) is 9.40. The highest BCUT2D eigenvalue weighted by Crippen LogP contribution is 2.16. The van der Waals surface area contributed by atoms with Crippen LogP contribution >= 0.6 is 0 Å². The largest absolute Gasteiger partial charge is 0.352 e. The minimum absolute atomic E-state index is 0.311. The first-order valence-corrected chi connectivity index (χ1v) is 4.71. The molecule has 0 fully saturated rings. The van der Waals surface area contributed by atoms with Crippen molar-refractivity contribution in [3.63, 3.8) is 0 Å². The van der Waals surface area contributed by atoms with Crippen LogP contribution in [0.25, 0.3) is 0 Å². The van der Waals surface area contributed by atoms with Crippen LogP contribution in [0.5, 0.6) is 0 Å². The highest BCUT2D eigenvalue weighted by atomic mass is 16.1. The van der Waals surface area contributed by atoms with Gasteiger partial charge < -0.3 is 5.32 Å². The van der Waals surface area contributed by atoms with Crippen molar-refractivity contribution in [1.82, 2.24) is 5.32 Å². The molecule has 0 aliphatic heterocycles. The molecule has 0 saturated carbocycles. The van der Waals surface area contributed by atoms with Gasteiger partial charge in [0.15, 0.2) is 0 Å². The fourth-order valence-electron chi connectivity index (χ4n) is 1.32. The van der Waals surface area contributed by atoms with Crippen LogP contribution in [0.3, 0.4) is 0 Å². The van der Waals surface area contributed by atoms with E-state index in [1.807, 2.05) is 13.8 Å². The van der Waals surface area contributed by atoms with Crippen molar-refractivity contribution in [3.05, 3.63) is 11.6 Å². The van der Waals surface area contributed by atoms with Gasteiger partial charge in [0.2, 0.25) is 6.41 Å². The number of amides is 1. The van der Waals surface area contributed by atoms with Gasteiger partial charge >= 0.3 is 0 Å². The summed E-state index contributed by atoms with van der Waals surface area (Å²) in [6.07, 6.45) is 6.45. The fraction of sp³-hybridized carbons (Fsp3) is 0.700. The molecule has 0 saturated heterocycles. The molecule has 1 amide bonds. The standard InChI is InChI=1S/C8H13NO.C2H6/c1-7-4-2-3-5-8(7)9-6-10;1-2/h4,6,8H,2-3,5H2,1H3,(H,9,10);1-2H3. The van der Waals surface area contributed by atoms with E-state index in [1.165, 1.54) is 18.4 Å². The molecule has 1 aliphatic carbocycles. The van der Waals surface area contributed by atoms with E-state index in [4.69, 9.17) is 0 Å². The maximum atomic E-state index is 10.1. The molecule has 1 atom stereocenters. The molecule has 2 nitrogen and oxygen atoms in total. The number of nitrogens with one attached hydrogen (secondary N) is 1. The number of allylic oxidation sites excluding steroid dienone is 1. The van der Waals surface area contributed by atoms with Crippen LogP contribution in [0.1, 0.15) is 40.0 Å². The Labute approximate surface area is 75.0 Å². The molecule has 1 unspecified atom stereocenters. The van der Waals surface area contributed by atoms with Crippen molar-refractivity contribution >= 4 is 6.41 Å². The number of carbonyl (C=O) groups is 1. The van der Waals surface area contributed by atoms with E-state index in [-0.39, 0.29) is 0 Å². The summed E-state index contributed by atoms with van der Waals surface area (Å²) < 4.78 is 0. The number of hydrogen-bond donors (Lipinski definition) is 1. The number of hydrogen-bond acceptors (Lipinski definition) is 1. The fourth-order valence-corrected chi connectivity index (χ4v) is 1.32. The van der Waals surface area contributed by atoms with Gasteiger partial charge in [-0.2, -0.15) is 0 Å². The third-order valence-corrected chi connectivity index (χ3v) is 1.98. The third-order valence-electron chi connectivity index (χ3n) is 1.98. The maximum Gasteiger partial charge on any atom is 0.207 e. The molecule has 0 aromatic rings. The van der Waals surface area contributed by atoms with Crippen LogP contribution in [0.2, 0.25) is 0 Å². The Hall–Kier alpha value is -0.790. The number of carbonyl (C=O) groups excluding carboxylic acids is 1. The Morgan fingerprint density at radius 1 is 1.58 bits per heavy atom. The summed E-state index contributed by atoms with van der Waals surface area (Å²) >= 11 is 0. The summed E-state index contributed by atoms with van der Waals surface area (Å²) in [5.41, 5.74) is 1.30. The zero-order valence-corrected chi connectivity index (χ0v) is 8.26. The molecule has 0 radical (unpaired) electrons. The molecule has 1 N–H and O–H groups in total. The highest BCUT2D eigenvalue weighted by molar-refractivity contribution is 5.48. The third kappa shape index (κ3) is 3.56. The monoisotopic (exact) mass is 169 g/mol. The van der Waals surface area contributed by atoms with E-state index >= 15 is 0 Å². The van der Waals surface area contributed by atoms with Crippen molar-refractivity contribution in [2.24, 2.45) is 0 Å². The summed E-state index contributed by atoms with van der Waals surface area (Å²) in [6, 6.07) is 0.311. The van der Waals surface area contributed by atoms with Gasteiger partial charge in [-0.05, 0) is 26.2 Å². The molecular formula is C10H19NO. The molecule has 0 aromatic heterocycles. The molecular weight excluding hydrogens is 150 g/mol. The summed E-state index contributed by atoms with van der Waals surface area (Å²) in [5, 5.41) is 2.79. The van der Waals surface area contributed by atoms with E-state index in [0.717, 1.165) is 12.8 Å². The van der Waals surface area contributed by atoms with Gasteiger partial charge in [-0.1, -0.05) is 25.5 Å². The minimum atomic E-state index is 0.311. The van der Waals surface area contributed by atoms with Crippen LogP contribution < -0.4 is 5.32 Å². The second-order valence-corrected chi connectivity index (χ2v) is 2.72. The Morgan fingerprint density at radius 3 is 2.75 bits per heavy atom. The molecule has 70 valence electrons. The van der Waals surface area contributed by atoms with Crippen LogP contribution in [0.4, 0.5) is 0 Å². The van der Waals surface area contributed by atoms with Crippen LogP contribution in [0.15, 0.2) is 11.6 Å². The van der Waals surface area contributed by atoms with Crippen molar-refractivity contribution in [2.45, 2.75) is 46.1 Å². The van der Waals surface area contributed by atoms with Gasteiger partial charge in [-0.3, -0.25) is 4.79 Å². The van der Waals surface area contributed by atoms with Crippen LogP contribution in [0, 0.1) is 0 Å². The van der Waals surface area contributed by atoms with E-state index in [2.05, 4.69) is 18.3 Å². The van der Waals surface area contributed by atoms with Gasteiger partial charge in [0.1, 0.15) is 0 Å². The van der Waals surface area contributed by atoms with Gasteiger partial charge in [0.05, 0.1) is 0 Å². The average Bonchev–Trinajstić information content (AvgIpc) is 2.13. The lowest BCUT2D eigenvalue weighted by Crippen LogP contribution is -2.30. The molecule has 1 aliphatic rings. The van der Waals surface area contributed by atoms with Gasteiger partial charge in [-0.25, -0.2) is 0 Å². The molecule has 0 heterocycles. The van der Waals surface area contributed by atoms with E-state index in [0.29, 0.717) is 6.04 Å². The van der Waals surface area contributed by atoms with E-state index in [1.54, 1.807) is 0 Å². The average molecular weight is 169 g/mol. The predicted molar refractivity (Wildman–Crippen MR) is 51.9 cm³/mol. The van der Waals surface area contributed by atoms with Crippen molar-refractivity contribution in [3.8, 4) is 0 Å². The second kappa shape index (κ2) is 6.89. The molecule has 0 bridgehead atoms. The van der Waals surface area contributed by atoms with Crippen LogP contribution in [-0.4, -0.2) is 12.5 Å². The molecule has 0 spiro atoms. The van der Waals surface area contributed by atoms with Crippen molar-refractivity contribution in [1.29, 1.82) is 0 Å². The SMILES string of the molecule is CC.CC1=CCCCC1NC=O. The first-order valence-electron chi connectivity index (χ1n) is 4.71. The van der Waals surface area contributed by atoms with E-state index in [9.17, 15) is 4.79 Å². The Bertz CT molecular complexity index is 152. The van der Waals surface area contributed by atoms with Crippen LogP contribution in [-0.2, 0) is 4.79 Å². The Morgan fingerprint density at radius 2 is 2.25 bits per heavy atom. The van der Waals surface area contributed by atoms with Crippen molar-refractivity contribution < 1.29 is 4.79 Å². The topological polar surface area (TPSA) is 29.1 Å². The number of rotatable bonds is 2. The quantitative estimate of drug-likeness (QED) is 0.498. The lowest BCUT2D eigenvalue weighted by atomic mass is 9.96. The second-order valence-electron chi connectivity index (χ2n) is 2.72. The Balaban J connectivity index is 0.000000561. The molecule has 12 heavy (non-hydrogen) atoms. The smallest absolute Gasteiger partial charge is 0.207 e. The minimum Gasteiger partial charge on any atom is -0.352 e. The highest BCUT2D eigenvalue weighted by Gasteiger charge is 2.11. The normalized spacial score (nSPS) is 21.6. The summed E-state index contributed by atoms with van der Waals surface area (Å²) in [7, 11) is 0. The van der Waals surface area contributed by atoms with Crippen molar-refractivity contribution in [2.75, 3.05) is 0 Å².